The van der Waals surface area contributed by atoms with E-state index in [0.29, 0.717) is 30.6 Å². The van der Waals surface area contributed by atoms with Crippen LogP contribution in [0.15, 0.2) is 53.6 Å². The maximum absolute atomic E-state index is 8.29. The molecule has 3 rings (SSSR count). The number of azide groups is 1. The molecular formula is C23H23N5O2. The summed E-state index contributed by atoms with van der Waals surface area (Å²) < 4.78 is 11.4. The number of hydrogen-bond donors (Lipinski definition) is 0. The predicted molar refractivity (Wildman–Crippen MR) is 117 cm³/mol. The summed E-state index contributed by atoms with van der Waals surface area (Å²) >= 11 is 0. The first-order valence-corrected chi connectivity index (χ1v) is 9.89. The first-order chi connectivity index (χ1) is 14.8. The average Bonchev–Trinajstić information content (AvgIpc) is 2.79. The number of rotatable bonds is 11. The van der Waals surface area contributed by atoms with Gasteiger partial charge in [-0.15, -0.1) is 6.42 Å². The minimum absolute atomic E-state index is 0.231. The fraction of sp³-hybridized carbons (Fsp3) is 0.304. The summed E-state index contributed by atoms with van der Waals surface area (Å²) in [6, 6.07) is 15.3. The fourth-order valence-electron chi connectivity index (χ4n) is 2.96. The van der Waals surface area contributed by atoms with Gasteiger partial charge in [-0.1, -0.05) is 36.0 Å². The monoisotopic (exact) mass is 401 g/mol. The van der Waals surface area contributed by atoms with Gasteiger partial charge in [-0.25, -0.2) is 4.98 Å². The van der Waals surface area contributed by atoms with Gasteiger partial charge in [0.2, 0.25) is 5.88 Å². The Morgan fingerprint density at radius 1 is 0.967 bits per heavy atom. The molecule has 0 saturated heterocycles. The number of para-hydroxylation sites is 1. The Hall–Kier alpha value is -3.75. The number of hydrogen-bond acceptors (Lipinski definition) is 5. The highest BCUT2D eigenvalue weighted by Crippen LogP contribution is 2.27. The number of ether oxygens (including phenoxy) is 2. The van der Waals surface area contributed by atoms with Crippen molar-refractivity contribution in [2.75, 3.05) is 19.8 Å². The molecule has 0 bridgehead atoms. The van der Waals surface area contributed by atoms with Crippen LogP contribution in [0.4, 0.5) is 0 Å². The van der Waals surface area contributed by atoms with Gasteiger partial charge in [0.05, 0.1) is 17.5 Å². The molecule has 0 aliphatic carbocycles. The van der Waals surface area contributed by atoms with Gasteiger partial charge in [0, 0.05) is 17.0 Å². The van der Waals surface area contributed by atoms with Gasteiger partial charge in [0.1, 0.15) is 12.4 Å². The zero-order valence-corrected chi connectivity index (χ0v) is 16.7. The second-order valence-electron chi connectivity index (χ2n) is 6.60. The highest BCUT2D eigenvalue weighted by atomic mass is 16.5. The molecule has 0 unspecified atom stereocenters. The van der Waals surface area contributed by atoms with Crippen molar-refractivity contribution in [3.63, 3.8) is 0 Å². The van der Waals surface area contributed by atoms with Gasteiger partial charge in [0.25, 0.3) is 0 Å². The SMILES string of the molecule is C#CCOc1ccc(-c2nc(OCCCCCCN=[N+]=[N-])c3ccccc3n2)cc1. The summed E-state index contributed by atoms with van der Waals surface area (Å²) in [6.45, 7) is 1.35. The lowest BCUT2D eigenvalue weighted by atomic mass is 10.2. The van der Waals surface area contributed by atoms with Crippen LogP contribution in [-0.2, 0) is 0 Å². The second kappa shape index (κ2) is 11.3. The van der Waals surface area contributed by atoms with Crippen LogP contribution in [0.2, 0.25) is 0 Å². The zero-order valence-electron chi connectivity index (χ0n) is 16.7. The molecule has 0 aliphatic heterocycles. The zero-order chi connectivity index (χ0) is 21.0. The van der Waals surface area contributed by atoms with Crippen molar-refractivity contribution >= 4 is 10.9 Å². The molecule has 0 atom stereocenters. The van der Waals surface area contributed by atoms with E-state index in [1.165, 1.54) is 0 Å². The van der Waals surface area contributed by atoms with E-state index in [4.69, 9.17) is 21.4 Å². The quantitative estimate of drug-likeness (QED) is 0.138. The van der Waals surface area contributed by atoms with E-state index in [-0.39, 0.29) is 6.61 Å². The topological polar surface area (TPSA) is 93.0 Å². The average molecular weight is 401 g/mol. The number of benzene rings is 2. The van der Waals surface area contributed by atoms with E-state index in [9.17, 15) is 0 Å². The molecule has 30 heavy (non-hydrogen) atoms. The third-order valence-electron chi connectivity index (χ3n) is 4.46. The van der Waals surface area contributed by atoms with Crippen molar-refractivity contribution in [2.24, 2.45) is 5.11 Å². The van der Waals surface area contributed by atoms with Crippen LogP contribution in [0.5, 0.6) is 11.6 Å². The lowest BCUT2D eigenvalue weighted by Gasteiger charge is -2.11. The third-order valence-corrected chi connectivity index (χ3v) is 4.46. The molecule has 0 aliphatic rings. The molecule has 0 N–H and O–H groups in total. The third kappa shape index (κ3) is 5.87. The first kappa shape index (κ1) is 21.0. The molecule has 3 aromatic rings. The van der Waals surface area contributed by atoms with Gasteiger partial charge in [-0.3, -0.25) is 0 Å². The van der Waals surface area contributed by atoms with Crippen LogP contribution in [0.3, 0.4) is 0 Å². The maximum atomic E-state index is 8.29. The van der Waals surface area contributed by atoms with Crippen LogP contribution < -0.4 is 9.47 Å². The minimum atomic E-state index is 0.231. The Balaban J connectivity index is 1.69. The molecule has 0 fully saturated rings. The summed E-state index contributed by atoms with van der Waals surface area (Å²) in [5, 5.41) is 4.43. The van der Waals surface area contributed by atoms with Crippen molar-refractivity contribution < 1.29 is 9.47 Å². The van der Waals surface area contributed by atoms with E-state index < -0.39 is 0 Å². The Bertz CT molecular complexity index is 1050. The summed E-state index contributed by atoms with van der Waals surface area (Å²) in [6.07, 6.45) is 9.05. The van der Waals surface area contributed by atoms with Crippen molar-refractivity contribution in [3.05, 3.63) is 59.0 Å². The molecule has 0 spiro atoms. The molecule has 0 saturated carbocycles. The number of fused-ring (bicyclic) bond motifs is 1. The molecule has 1 aromatic heterocycles. The van der Waals surface area contributed by atoms with Crippen molar-refractivity contribution in [3.8, 4) is 35.4 Å². The van der Waals surface area contributed by atoms with Crippen molar-refractivity contribution in [1.29, 1.82) is 0 Å². The normalized spacial score (nSPS) is 10.2. The van der Waals surface area contributed by atoms with Gasteiger partial charge in [-0.2, -0.15) is 4.98 Å². The molecule has 7 nitrogen and oxygen atoms in total. The van der Waals surface area contributed by atoms with E-state index >= 15 is 0 Å². The van der Waals surface area contributed by atoms with Gasteiger partial charge >= 0.3 is 0 Å². The smallest absolute Gasteiger partial charge is 0.225 e. The lowest BCUT2D eigenvalue weighted by Crippen LogP contribution is -2.02. The molecule has 7 heteroatoms. The largest absolute Gasteiger partial charge is 0.481 e. The summed E-state index contributed by atoms with van der Waals surface area (Å²) in [4.78, 5) is 12.1. The second-order valence-corrected chi connectivity index (χ2v) is 6.60. The predicted octanol–water partition coefficient (Wildman–Crippen LogP) is 5.56. The Labute approximate surface area is 175 Å². The van der Waals surface area contributed by atoms with E-state index in [2.05, 4.69) is 25.9 Å². The van der Waals surface area contributed by atoms with Gasteiger partial charge in [0.15, 0.2) is 5.82 Å². The Morgan fingerprint density at radius 2 is 1.77 bits per heavy atom. The summed E-state index contributed by atoms with van der Waals surface area (Å²) in [5.74, 6) is 4.33. The number of terminal acetylenes is 1. The van der Waals surface area contributed by atoms with Crippen LogP contribution in [-0.4, -0.2) is 29.7 Å². The minimum Gasteiger partial charge on any atom is -0.481 e. The summed E-state index contributed by atoms with van der Waals surface area (Å²) in [5.41, 5.74) is 9.99. The number of nitrogens with zero attached hydrogens (tertiary/aromatic N) is 5. The van der Waals surface area contributed by atoms with Crippen LogP contribution in [0.25, 0.3) is 32.7 Å². The number of aromatic nitrogens is 2. The molecule has 152 valence electrons. The molecule has 1 heterocycles. The van der Waals surface area contributed by atoms with Gasteiger partial charge < -0.3 is 9.47 Å². The van der Waals surface area contributed by atoms with Crippen molar-refractivity contribution in [2.45, 2.75) is 25.7 Å². The molecule has 0 amide bonds. The van der Waals surface area contributed by atoms with E-state index in [0.717, 1.165) is 42.1 Å². The standard InChI is InChI=1S/C23H23N5O2/c1-2-16-29-19-13-11-18(12-14-19)22-26-21-10-6-5-9-20(21)23(27-22)30-17-8-4-3-7-15-25-28-24/h1,5-6,9-14H,3-4,7-8,15-17H2. The number of unbranched alkanes of at least 4 members (excludes halogenated alkanes) is 3. The Kier molecular flexibility index (Phi) is 7.90. The van der Waals surface area contributed by atoms with E-state index in [1.807, 2.05) is 48.5 Å². The lowest BCUT2D eigenvalue weighted by molar-refractivity contribution is 0.297. The van der Waals surface area contributed by atoms with Gasteiger partial charge in [-0.05, 0) is 54.8 Å². The first-order valence-electron chi connectivity index (χ1n) is 9.89. The summed E-state index contributed by atoms with van der Waals surface area (Å²) in [7, 11) is 0. The Morgan fingerprint density at radius 3 is 2.57 bits per heavy atom. The molecule has 0 radical (unpaired) electrons. The van der Waals surface area contributed by atoms with E-state index in [1.54, 1.807) is 0 Å². The van der Waals surface area contributed by atoms with Crippen molar-refractivity contribution in [1.82, 2.24) is 9.97 Å². The maximum Gasteiger partial charge on any atom is 0.225 e. The van der Waals surface area contributed by atoms with Crippen LogP contribution >= 0.6 is 0 Å². The highest BCUT2D eigenvalue weighted by Gasteiger charge is 2.10. The van der Waals surface area contributed by atoms with Crippen LogP contribution in [0, 0.1) is 12.3 Å². The fourth-order valence-corrected chi connectivity index (χ4v) is 2.96. The molecule has 2 aromatic carbocycles. The highest BCUT2D eigenvalue weighted by molar-refractivity contribution is 5.85. The van der Waals surface area contributed by atoms with Crippen LogP contribution in [0.1, 0.15) is 25.7 Å². The molecular weight excluding hydrogens is 378 g/mol.